The summed E-state index contributed by atoms with van der Waals surface area (Å²) in [5.41, 5.74) is 0.745. The second kappa shape index (κ2) is 8.55. The maximum absolute atomic E-state index is 12.1. The van der Waals surface area contributed by atoms with Crippen LogP contribution in [0.4, 0.5) is 0 Å². The molecular formula is C18H19BrN2O3. The van der Waals surface area contributed by atoms with Crippen molar-refractivity contribution < 1.29 is 14.3 Å². The van der Waals surface area contributed by atoms with Crippen LogP contribution in [0.15, 0.2) is 34.8 Å². The predicted molar refractivity (Wildman–Crippen MR) is 95.8 cm³/mol. The first kappa shape index (κ1) is 18.1. The Morgan fingerprint density at radius 3 is 2.83 bits per heavy atom. The number of hydrogen-bond donors (Lipinski definition) is 1. The largest absolute Gasteiger partial charge is 0.490 e. The van der Waals surface area contributed by atoms with E-state index in [4.69, 9.17) is 9.47 Å². The van der Waals surface area contributed by atoms with Crippen LogP contribution in [-0.2, 0) is 4.79 Å². The van der Waals surface area contributed by atoms with E-state index in [9.17, 15) is 10.1 Å². The van der Waals surface area contributed by atoms with Gasteiger partial charge in [0.25, 0.3) is 5.91 Å². The highest BCUT2D eigenvalue weighted by Gasteiger charge is 2.24. The summed E-state index contributed by atoms with van der Waals surface area (Å²) in [6, 6.07) is 5.68. The number of rotatable bonds is 8. The maximum Gasteiger partial charge on any atom is 0.262 e. The zero-order valence-electron chi connectivity index (χ0n) is 13.5. The van der Waals surface area contributed by atoms with Crippen molar-refractivity contribution in [1.82, 2.24) is 5.32 Å². The molecule has 2 rings (SSSR count). The van der Waals surface area contributed by atoms with Crippen LogP contribution in [0.5, 0.6) is 11.5 Å². The predicted octanol–water partition coefficient (Wildman–Crippen LogP) is 3.60. The Morgan fingerprint density at radius 2 is 2.25 bits per heavy atom. The Morgan fingerprint density at radius 1 is 1.50 bits per heavy atom. The van der Waals surface area contributed by atoms with E-state index in [1.807, 2.05) is 13.0 Å². The summed E-state index contributed by atoms with van der Waals surface area (Å²) >= 11 is 3.45. The zero-order valence-corrected chi connectivity index (χ0v) is 15.1. The average Bonchev–Trinajstić information content (AvgIpc) is 3.36. The van der Waals surface area contributed by atoms with Crippen molar-refractivity contribution in [2.24, 2.45) is 0 Å². The van der Waals surface area contributed by atoms with Crippen molar-refractivity contribution in [3.05, 3.63) is 40.4 Å². The van der Waals surface area contributed by atoms with E-state index in [0.29, 0.717) is 34.7 Å². The molecule has 0 radical (unpaired) electrons. The van der Waals surface area contributed by atoms with Crippen molar-refractivity contribution >= 4 is 27.9 Å². The van der Waals surface area contributed by atoms with E-state index in [-0.39, 0.29) is 17.5 Å². The summed E-state index contributed by atoms with van der Waals surface area (Å²) in [7, 11) is 0. The Kier molecular flexibility index (Phi) is 6.44. The van der Waals surface area contributed by atoms with E-state index in [1.54, 1.807) is 24.3 Å². The summed E-state index contributed by atoms with van der Waals surface area (Å²) in [4.78, 5) is 12.1. The molecule has 0 unspecified atom stereocenters. The molecule has 1 saturated carbocycles. The van der Waals surface area contributed by atoms with Gasteiger partial charge in [-0.05, 0) is 59.5 Å². The number of carbonyl (C=O) groups excluding carboxylic acids is 1. The van der Waals surface area contributed by atoms with Gasteiger partial charge in [-0.1, -0.05) is 12.7 Å². The van der Waals surface area contributed by atoms with Crippen molar-refractivity contribution in [2.75, 3.05) is 13.2 Å². The van der Waals surface area contributed by atoms with Gasteiger partial charge in [0.05, 0.1) is 11.1 Å². The monoisotopic (exact) mass is 390 g/mol. The van der Waals surface area contributed by atoms with Gasteiger partial charge in [0.1, 0.15) is 18.2 Å². The Balaban J connectivity index is 2.31. The average molecular weight is 391 g/mol. The first-order chi connectivity index (χ1) is 11.6. The molecule has 1 aliphatic carbocycles. The second-order valence-corrected chi connectivity index (χ2v) is 6.13. The molecule has 0 aromatic heterocycles. The normalized spacial score (nSPS) is 13.8. The van der Waals surface area contributed by atoms with Crippen LogP contribution in [-0.4, -0.2) is 25.2 Å². The van der Waals surface area contributed by atoms with Crippen molar-refractivity contribution in [2.45, 2.75) is 25.8 Å². The highest BCUT2D eigenvalue weighted by Crippen LogP contribution is 2.37. The molecule has 0 spiro atoms. The number of halogens is 1. The van der Waals surface area contributed by atoms with Crippen molar-refractivity contribution in [3.8, 4) is 17.6 Å². The summed E-state index contributed by atoms with van der Waals surface area (Å²) in [5, 5.41) is 12.1. The highest BCUT2D eigenvalue weighted by atomic mass is 79.9. The van der Waals surface area contributed by atoms with Gasteiger partial charge in [-0.15, -0.1) is 0 Å². The fourth-order valence-electron chi connectivity index (χ4n) is 2.02. The number of nitriles is 1. The summed E-state index contributed by atoms with van der Waals surface area (Å²) in [5.74, 6) is 0.760. The molecule has 1 fully saturated rings. The molecule has 6 heteroatoms. The molecule has 0 heterocycles. The molecule has 0 saturated heterocycles. The van der Waals surface area contributed by atoms with Crippen LogP contribution < -0.4 is 14.8 Å². The molecule has 1 amide bonds. The molecule has 1 N–H and O–H groups in total. The van der Waals surface area contributed by atoms with E-state index < -0.39 is 0 Å². The number of amides is 1. The fraction of sp³-hybridized carbons (Fsp3) is 0.333. The highest BCUT2D eigenvalue weighted by molar-refractivity contribution is 9.10. The maximum atomic E-state index is 12.1. The van der Waals surface area contributed by atoms with E-state index in [0.717, 1.165) is 12.8 Å². The van der Waals surface area contributed by atoms with Gasteiger partial charge in [-0.2, -0.15) is 5.26 Å². The minimum atomic E-state index is -0.346. The third kappa shape index (κ3) is 4.87. The van der Waals surface area contributed by atoms with E-state index >= 15 is 0 Å². The number of benzene rings is 1. The van der Waals surface area contributed by atoms with Crippen LogP contribution in [0, 0.1) is 11.3 Å². The SMILES string of the molecule is C=CCOc1c(Br)cc(/C=C(\C#N)C(=O)NC2CC2)cc1OCC. The molecule has 0 aliphatic heterocycles. The standard InChI is InChI=1S/C18H19BrN2O3/c1-3-7-24-17-15(19)9-12(10-16(17)23-4-2)8-13(11-20)18(22)21-14-5-6-14/h3,8-10,14H,1,4-7H2,2H3,(H,21,22)/b13-8+. The Hall–Kier alpha value is -2.26. The van der Waals surface area contributed by atoms with E-state index in [2.05, 4.69) is 27.8 Å². The van der Waals surface area contributed by atoms with Gasteiger partial charge in [-0.25, -0.2) is 0 Å². The van der Waals surface area contributed by atoms with Gasteiger partial charge in [0.2, 0.25) is 0 Å². The third-order valence-electron chi connectivity index (χ3n) is 3.27. The second-order valence-electron chi connectivity index (χ2n) is 5.28. The number of nitrogens with zero attached hydrogens (tertiary/aromatic N) is 1. The van der Waals surface area contributed by atoms with Gasteiger partial charge < -0.3 is 14.8 Å². The van der Waals surface area contributed by atoms with Gasteiger partial charge in [0.15, 0.2) is 11.5 Å². The topological polar surface area (TPSA) is 71.3 Å². The molecule has 0 bridgehead atoms. The molecule has 126 valence electrons. The van der Waals surface area contributed by atoms with Crippen LogP contribution in [0.2, 0.25) is 0 Å². The van der Waals surface area contributed by atoms with Crippen molar-refractivity contribution in [1.29, 1.82) is 5.26 Å². The number of nitrogens with one attached hydrogen (secondary N) is 1. The molecule has 24 heavy (non-hydrogen) atoms. The van der Waals surface area contributed by atoms with Gasteiger partial charge >= 0.3 is 0 Å². The zero-order chi connectivity index (χ0) is 17.5. The molecule has 1 aromatic rings. The van der Waals surface area contributed by atoms with Crippen molar-refractivity contribution in [3.63, 3.8) is 0 Å². The van der Waals surface area contributed by atoms with Gasteiger partial charge in [-0.3, -0.25) is 4.79 Å². The summed E-state index contributed by atoms with van der Waals surface area (Å²) in [6.45, 7) is 6.32. The van der Waals surface area contributed by atoms with E-state index in [1.165, 1.54) is 0 Å². The van der Waals surface area contributed by atoms with Crippen LogP contribution in [0.25, 0.3) is 6.08 Å². The quantitative estimate of drug-likeness (QED) is 0.418. The molecular weight excluding hydrogens is 372 g/mol. The lowest BCUT2D eigenvalue weighted by Gasteiger charge is -2.14. The molecule has 1 aliphatic rings. The number of ether oxygens (including phenoxy) is 2. The lowest BCUT2D eigenvalue weighted by Crippen LogP contribution is -2.26. The number of carbonyl (C=O) groups is 1. The minimum absolute atomic E-state index is 0.0657. The third-order valence-corrected chi connectivity index (χ3v) is 3.85. The lowest BCUT2D eigenvalue weighted by molar-refractivity contribution is -0.117. The lowest BCUT2D eigenvalue weighted by atomic mass is 10.1. The fourth-order valence-corrected chi connectivity index (χ4v) is 2.60. The number of hydrogen-bond acceptors (Lipinski definition) is 4. The van der Waals surface area contributed by atoms with Crippen LogP contribution in [0.1, 0.15) is 25.3 Å². The molecule has 0 atom stereocenters. The smallest absolute Gasteiger partial charge is 0.262 e. The summed E-state index contributed by atoms with van der Waals surface area (Å²) in [6.07, 6.45) is 5.13. The minimum Gasteiger partial charge on any atom is -0.490 e. The Labute approximate surface area is 150 Å². The Bertz CT molecular complexity index is 703. The molecule has 1 aromatic carbocycles. The molecule has 5 nitrogen and oxygen atoms in total. The first-order valence-corrected chi connectivity index (χ1v) is 8.51. The van der Waals surface area contributed by atoms with Crippen LogP contribution in [0.3, 0.4) is 0 Å². The van der Waals surface area contributed by atoms with Crippen LogP contribution >= 0.6 is 15.9 Å². The first-order valence-electron chi connectivity index (χ1n) is 7.71. The van der Waals surface area contributed by atoms with Gasteiger partial charge in [0, 0.05) is 6.04 Å². The summed E-state index contributed by atoms with van der Waals surface area (Å²) < 4.78 is 11.9.